The maximum absolute atomic E-state index is 11.6. The molecule has 2 heterocycles. The normalized spacial score (nSPS) is 19.9. The van der Waals surface area contributed by atoms with E-state index in [0.29, 0.717) is 6.54 Å². The van der Waals surface area contributed by atoms with Gasteiger partial charge in [-0.25, -0.2) is 9.89 Å². The van der Waals surface area contributed by atoms with Gasteiger partial charge in [-0.2, -0.15) is 0 Å². The Balaban J connectivity index is 2.32. The van der Waals surface area contributed by atoms with E-state index in [-0.39, 0.29) is 11.9 Å². The van der Waals surface area contributed by atoms with Gasteiger partial charge < -0.3 is 10.2 Å². The second kappa shape index (κ2) is 4.48. The molecule has 7 heteroatoms. The van der Waals surface area contributed by atoms with Gasteiger partial charge in [0, 0.05) is 19.1 Å². The van der Waals surface area contributed by atoms with Crippen molar-refractivity contribution in [1.82, 2.24) is 20.5 Å². The van der Waals surface area contributed by atoms with Gasteiger partial charge in [-0.1, -0.05) is 0 Å². The lowest BCUT2D eigenvalue weighted by Crippen LogP contribution is -2.42. The van der Waals surface area contributed by atoms with Crippen LogP contribution >= 0.6 is 0 Å². The average Bonchev–Trinajstić information content (AvgIpc) is 2.75. The fourth-order valence-corrected chi connectivity index (χ4v) is 2.02. The van der Waals surface area contributed by atoms with Crippen molar-refractivity contribution in [1.29, 1.82) is 0 Å². The van der Waals surface area contributed by atoms with Crippen molar-refractivity contribution >= 4 is 5.82 Å². The van der Waals surface area contributed by atoms with Gasteiger partial charge in [0.1, 0.15) is 0 Å². The molecule has 1 aromatic heterocycles. The van der Waals surface area contributed by atoms with Crippen LogP contribution in [-0.4, -0.2) is 40.9 Å². The van der Waals surface area contributed by atoms with Crippen LogP contribution < -0.4 is 21.5 Å². The van der Waals surface area contributed by atoms with Gasteiger partial charge in [0.05, 0.1) is 0 Å². The van der Waals surface area contributed by atoms with Crippen molar-refractivity contribution in [2.24, 2.45) is 0 Å². The SMILES string of the molecule is CCN(c1n[nH]c(=O)[nH]c1=O)C1CCNC1. The predicted molar refractivity (Wildman–Crippen MR) is 59.8 cm³/mol. The first-order chi connectivity index (χ1) is 7.72. The van der Waals surface area contributed by atoms with Crippen LogP contribution in [0, 0.1) is 0 Å². The first-order valence-corrected chi connectivity index (χ1v) is 5.38. The number of H-pyrrole nitrogens is 2. The summed E-state index contributed by atoms with van der Waals surface area (Å²) in [6.07, 6.45) is 0.980. The van der Waals surface area contributed by atoms with Gasteiger partial charge in [0.15, 0.2) is 0 Å². The molecule has 3 N–H and O–H groups in total. The Bertz CT molecular complexity index is 459. The number of aromatic amines is 2. The Morgan fingerprint density at radius 2 is 2.31 bits per heavy atom. The number of hydrogen-bond donors (Lipinski definition) is 3. The summed E-state index contributed by atoms with van der Waals surface area (Å²) in [5, 5.41) is 9.30. The zero-order valence-electron chi connectivity index (χ0n) is 9.12. The standard InChI is InChI=1S/C9H15N5O2/c1-2-14(6-3-4-10-5-6)7-8(15)11-9(16)13-12-7/h6,10H,2-5H2,1H3,(H2,11,13,15,16). The number of likely N-dealkylation sites (N-methyl/N-ethyl adjacent to an activating group) is 1. The molecule has 1 atom stereocenters. The molecule has 16 heavy (non-hydrogen) atoms. The van der Waals surface area contributed by atoms with E-state index in [1.807, 2.05) is 11.8 Å². The summed E-state index contributed by atoms with van der Waals surface area (Å²) >= 11 is 0. The highest BCUT2D eigenvalue weighted by atomic mass is 16.2. The number of hydrogen-bond acceptors (Lipinski definition) is 5. The lowest BCUT2D eigenvalue weighted by molar-refractivity contribution is 0.628. The molecule has 0 amide bonds. The molecule has 1 aromatic rings. The van der Waals surface area contributed by atoms with Crippen LogP contribution in [0.4, 0.5) is 5.82 Å². The van der Waals surface area contributed by atoms with E-state index in [9.17, 15) is 9.59 Å². The topological polar surface area (TPSA) is 93.9 Å². The lowest BCUT2D eigenvalue weighted by atomic mass is 10.2. The van der Waals surface area contributed by atoms with E-state index in [1.165, 1.54) is 0 Å². The quantitative estimate of drug-likeness (QED) is 0.591. The molecule has 0 spiro atoms. The minimum absolute atomic E-state index is 0.268. The monoisotopic (exact) mass is 225 g/mol. The fraction of sp³-hybridized carbons (Fsp3) is 0.667. The Morgan fingerprint density at radius 1 is 1.50 bits per heavy atom. The van der Waals surface area contributed by atoms with Crippen molar-refractivity contribution in [3.8, 4) is 0 Å². The third-order valence-corrected chi connectivity index (χ3v) is 2.78. The van der Waals surface area contributed by atoms with E-state index in [0.717, 1.165) is 19.5 Å². The molecule has 0 aliphatic carbocycles. The largest absolute Gasteiger partial charge is 0.347 e. The van der Waals surface area contributed by atoms with Gasteiger partial charge in [-0.15, -0.1) is 5.10 Å². The molecule has 7 nitrogen and oxygen atoms in total. The van der Waals surface area contributed by atoms with Gasteiger partial charge >= 0.3 is 5.69 Å². The van der Waals surface area contributed by atoms with Gasteiger partial charge in [0.2, 0.25) is 5.82 Å². The Hall–Kier alpha value is -1.63. The summed E-state index contributed by atoms with van der Waals surface area (Å²) in [6, 6.07) is 0.268. The molecule has 1 unspecified atom stereocenters. The first kappa shape index (κ1) is 10.9. The lowest BCUT2D eigenvalue weighted by Gasteiger charge is -2.26. The fourth-order valence-electron chi connectivity index (χ4n) is 2.02. The molecule has 2 rings (SSSR count). The van der Waals surface area contributed by atoms with E-state index in [4.69, 9.17) is 0 Å². The van der Waals surface area contributed by atoms with Crippen molar-refractivity contribution in [2.45, 2.75) is 19.4 Å². The number of nitrogens with one attached hydrogen (secondary N) is 3. The number of nitrogens with zero attached hydrogens (tertiary/aromatic N) is 2. The molecular formula is C9H15N5O2. The van der Waals surface area contributed by atoms with Crippen LogP contribution in [0.15, 0.2) is 9.59 Å². The summed E-state index contributed by atoms with van der Waals surface area (Å²) in [7, 11) is 0. The van der Waals surface area contributed by atoms with Crippen LogP contribution in [-0.2, 0) is 0 Å². The third kappa shape index (κ3) is 1.99. The Kier molecular flexibility index (Phi) is 3.04. The minimum Gasteiger partial charge on any atom is -0.347 e. The van der Waals surface area contributed by atoms with E-state index < -0.39 is 11.2 Å². The third-order valence-electron chi connectivity index (χ3n) is 2.78. The molecule has 1 aliphatic rings. The second-order valence-corrected chi connectivity index (χ2v) is 3.76. The summed E-state index contributed by atoms with van der Waals surface area (Å²) in [6.45, 7) is 4.44. The van der Waals surface area contributed by atoms with Crippen LogP contribution in [0.2, 0.25) is 0 Å². The summed E-state index contributed by atoms with van der Waals surface area (Å²) in [5.41, 5.74) is -1.01. The van der Waals surface area contributed by atoms with Gasteiger partial charge in [-0.3, -0.25) is 9.78 Å². The highest BCUT2D eigenvalue weighted by Crippen LogP contribution is 2.12. The summed E-state index contributed by atoms with van der Waals surface area (Å²) < 4.78 is 0. The Labute approximate surface area is 91.9 Å². The van der Waals surface area contributed by atoms with E-state index in [1.54, 1.807) is 0 Å². The maximum Gasteiger partial charge on any atom is 0.342 e. The molecule has 0 bridgehead atoms. The number of rotatable bonds is 3. The molecular weight excluding hydrogens is 210 g/mol. The zero-order chi connectivity index (χ0) is 11.5. The van der Waals surface area contributed by atoms with Crippen molar-refractivity contribution in [3.05, 3.63) is 20.8 Å². The molecule has 1 aliphatic heterocycles. The van der Waals surface area contributed by atoms with Crippen LogP contribution in [0.1, 0.15) is 13.3 Å². The highest BCUT2D eigenvalue weighted by molar-refractivity contribution is 5.36. The molecule has 0 radical (unpaired) electrons. The minimum atomic E-state index is -0.575. The van der Waals surface area contributed by atoms with Crippen molar-refractivity contribution in [3.63, 3.8) is 0 Å². The number of anilines is 1. The number of aromatic nitrogens is 3. The summed E-state index contributed by atoms with van der Waals surface area (Å²) in [5.74, 6) is 0.288. The molecule has 0 aromatic carbocycles. The van der Waals surface area contributed by atoms with E-state index in [2.05, 4.69) is 20.5 Å². The predicted octanol–water partition coefficient (Wildman–Crippen LogP) is -1.35. The molecule has 1 fully saturated rings. The van der Waals surface area contributed by atoms with Gasteiger partial charge in [0.25, 0.3) is 5.56 Å². The molecule has 0 saturated carbocycles. The smallest absolute Gasteiger partial charge is 0.342 e. The van der Waals surface area contributed by atoms with Crippen molar-refractivity contribution in [2.75, 3.05) is 24.5 Å². The van der Waals surface area contributed by atoms with Crippen LogP contribution in [0.3, 0.4) is 0 Å². The Morgan fingerprint density at radius 3 is 2.88 bits per heavy atom. The van der Waals surface area contributed by atoms with Crippen molar-refractivity contribution < 1.29 is 0 Å². The van der Waals surface area contributed by atoms with Crippen LogP contribution in [0.25, 0.3) is 0 Å². The van der Waals surface area contributed by atoms with Crippen LogP contribution in [0.5, 0.6) is 0 Å². The highest BCUT2D eigenvalue weighted by Gasteiger charge is 2.24. The molecule has 1 saturated heterocycles. The first-order valence-electron chi connectivity index (χ1n) is 5.38. The van der Waals surface area contributed by atoms with E-state index >= 15 is 0 Å². The second-order valence-electron chi connectivity index (χ2n) is 3.76. The summed E-state index contributed by atoms with van der Waals surface area (Å²) in [4.78, 5) is 26.6. The maximum atomic E-state index is 11.6. The zero-order valence-corrected chi connectivity index (χ0v) is 9.12. The molecule has 88 valence electrons. The average molecular weight is 225 g/mol. The van der Waals surface area contributed by atoms with Gasteiger partial charge in [-0.05, 0) is 19.9 Å².